The first-order valence-corrected chi connectivity index (χ1v) is 7.46. The molecule has 2 N–H and O–H groups in total. The van der Waals surface area contributed by atoms with E-state index in [-0.39, 0.29) is 18.1 Å². The lowest BCUT2D eigenvalue weighted by Crippen LogP contribution is -2.37. The summed E-state index contributed by atoms with van der Waals surface area (Å²) in [7, 11) is 1.46. The number of methoxy groups -OCH3 is 1. The number of rotatable bonds is 6. The Kier molecular flexibility index (Phi) is 5.71. The van der Waals surface area contributed by atoms with E-state index in [0.29, 0.717) is 17.5 Å². The van der Waals surface area contributed by atoms with Crippen LogP contribution in [-0.4, -0.2) is 30.5 Å². The Morgan fingerprint density at radius 1 is 1.36 bits per heavy atom. The molecule has 2 rings (SSSR count). The van der Waals surface area contributed by atoms with E-state index in [4.69, 9.17) is 4.74 Å². The van der Waals surface area contributed by atoms with Gasteiger partial charge in [0.05, 0.1) is 24.3 Å². The average Bonchev–Trinajstić information content (AvgIpc) is 2.53. The van der Waals surface area contributed by atoms with Crippen molar-refractivity contribution in [2.24, 2.45) is 0 Å². The minimum atomic E-state index is -0.505. The van der Waals surface area contributed by atoms with Crippen molar-refractivity contribution < 1.29 is 14.5 Å². The van der Waals surface area contributed by atoms with Crippen LogP contribution in [0.1, 0.15) is 32.1 Å². The van der Waals surface area contributed by atoms with Crippen LogP contribution in [0.15, 0.2) is 18.2 Å². The van der Waals surface area contributed by atoms with Crippen molar-refractivity contribution in [3.05, 3.63) is 28.3 Å². The highest BCUT2D eigenvalue weighted by Gasteiger charge is 2.16. The number of amides is 1. The third-order valence-electron chi connectivity index (χ3n) is 3.82. The first-order chi connectivity index (χ1) is 10.6. The quantitative estimate of drug-likeness (QED) is 0.622. The molecule has 0 heterocycles. The molecule has 1 amide bonds. The van der Waals surface area contributed by atoms with Crippen molar-refractivity contribution in [2.75, 3.05) is 19.0 Å². The van der Waals surface area contributed by atoms with Gasteiger partial charge in [-0.15, -0.1) is 0 Å². The Labute approximate surface area is 129 Å². The highest BCUT2D eigenvalue weighted by molar-refractivity contribution is 5.94. The van der Waals surface area contributed by atoms with Gasteiger partial charge in [-0.3, -0.25) is 14.9 Å². The van der Waals surface area contributed by atoms with Crippen LogP contribution < -0.4 is 15.4 Å². The van der Waals surface area contributed by atoms with Crippen LogP contribution in [0.4, 0.5) is 11.4 Å². The number of carbonyl (C=O) groups excluding carboxylic acids is 1. The fourth-order valence-corrected chi connectivity index (χ4v) is 2.65. The lowest BCUT2D eigenvalue weighted by Gasteiger charge is -2.22. The molecule has 0 aliphatic heterocycles. The number of hydrogen-bond donors (Lipinski definition) is 2. The summed E-state index contributed by atoms with van der Waals surface area (Å²) in [5.41, 5.74) is 0.225. The second-order valence-electron chi connectivity index (χ2n) is 5.41. The van der Waals surface area contributed by atoms with Crippen LogP contribution in [-0.2, 0) is 4.79 Å². The van der Waals surface area contributed by atoms with Crippen LogP contribution in [0.3, 0.4) is 0 Å². The van der Waals surface area contributed by atoms with Crippen molar-refractivity contribution in [3.8, 4) is 5.75 Å². The number of nitrogens with one attached hydrogen (secondary N) is 2. The molecule has 0 radical (unpaired) electrons. The monoisotopic (exact) mass is 307 g/mol. The van der Waals surface area contributed by atoms with Gasteiger partial charge in [-0.1, -0.05) is 19.3 Å². The summed E-state index contributed by atoms with van der Waals surface area (Å²) in [5.74, 6) is 0.168. The smallest absolute Gasteiger partial charge is 0.271 e. The Morgan fingerprint density at radius 3 is 2.73 bits per heavy atom. The standard InChI is InChI=1S/C15H21N3O4/c1-22-14-8-7-12(18(20)21)9-13(14)17-15(19)10-16-11-5-3-2-4-6-11/h7-9,11,16H,2-6,10H2,1H3,(H,17,19). The second-order valence-corrected chi connectivity index (χ2v) is 5.41. The Hall–Kier alpha value is -2.15. The predicted octanol–water partition coefficient (Wildman–Crippen LogP) is 2.46. The molecule has 1 fully saturated rings. The summed E-state index contributed by atoms with van der Waals surface area (Å²) < 4.78 is 5.12. The van der Waals surface area contributed by atoms with Gasteiger partial charge in [0.25, 0.3) is 5.69 Å². The van der Waals surface area contributed by atoms with Crippen molar-refractivity contribution in [1.29, 1.82) is 0 Å². The molecule has 1 aliphatic carbocycles. The number of anilines is 1. The molecule has 7 heteroatoms. The molecular weight excluding hydrogens is 286 g/mol. The van der Waals surface area contributed by atoms with Gasteiger partial charge in [-0.05, 0) is 18.9 Å². The minimum Gasteiger partial charge on any atom is -0.495 e. The van der Waals surface area contributed by atoms with Gasteiger partial charge in [0.1, 0.15) is 5.75 Å². The first-order valence-electron chi connectivity index (χ1n) is 7.46. The molecule has 1 aromatic rings. The molecule has 0 aromatic heterocycles. The molecule has 120 valence electrons. The molecule has 0 spiro atoms. The van der Waals surface area contributed by atoms with E-state index in [9.17, 15) is 14.9 Å². The number of benzene rings is 1. The van der Waals surface area contributed by atoms with Gasteiger partial charge in [0.15, 0.2) is 0 Å². The third kappa shape index (κ3) is 4.42. The number of nitro groups is 1. The van der Waals surface area contributed by atoms with E-state index in [0.717, 1.165) is 12.8 Å². The molecule has 0 atom stereocenters. The van der Waals surface area contributed by atoms with Gasteiger partial charge in [-0.2, -0.15) is 0 Å². The zero-order chi connectivity index (χ0) is 15.9. The molecule has 1 aliphatic rings. The molecule has 0 unspecified atom stereocenters. The number of ether oxygens (including phenoxy) is 1. The van der Waals surface area contributed by atoms with Crippen molar-refractivity contribution >= 4 is 17.3 Å². The van der Waals surface area contributed by atoms with Gasteiger partial charge in [0, 0.05) is 18.2 Å². The fraction of sp³-hybridized carbons (Fsp3) is 0.533. The third-order valence-corrected chi connectivity index (χ3v) is 3.82. The Balaban J connectivity index is 1.94. The van der Waals surface area contributed by atoms with E-state index < -0.39 is 4.92 Å². The van der Waals surface area contributed by atoms with Crippen molar-refractivity contribution in [3.63, 3.8) is 0 Å². The maximum absolute atomic E-state index is 12.0. The summed E-state index contributed by atoms with van der Waals surface area (Å²) >= 11 is 0. The van der Waals surface area contributed by atoms with E-state index in [1.54, 1.807) is 0 Å². The van der Waals surface area contributed by atoms with E-state index in [1.165, 1.54) is 44.6 Å². The summed E-state index contributed by atoms with van der Waals surface area (Å²) in [6.45, 7) is 0.191. The van der Waals surface area contributed by atoms with Crippen LogP contribution in [0, 0.1) is 10.1 Å². The predicted molar refractivity (Wildman–Crippen MR) is 83.2 cm³/mol. The number of nitrogens with zero attached hydrogens (tertiary/aromatic N) is 1. The van der Waals surface area contributed by atoms with Crippen LogP contribution in [0.25, 0.3) is 0 Å². The molecular formula is C15H21N3O4. The van der Waals surface area contributed by atoms with Crippen LogP contribution >= 0.6 is 0 Å². The van der Waals surface area contributed by atoms with Crippen LogP contribution in [0.2, 0.25) is 0 Å². The summed E-state index contributed by atoms with van der Waals surface area (Å²) in [6, 6.07) is 4.50. The van der Waals surface area contributed by atoms with Crippen LogP contribution in [0.5, 0.6) is 5.75 Å². The van der Waals surface area contributed by atoms with E-state index in [2.05, 4.69) is 10.6 Å². The molecule has 1 saturated carbocycles. The number of hydrogen-bond acceptors (Lipinski definition) is 5. The number of non-ortho nitro benzene ring substituents is 1. The van der Waals surface area contributed by atoms with Crippen molar-refractivity contribution in [2.45, 2.75) is 38.1 Å². The van der Waals surface area contributed by atoms with Gasteiger partial charge in [-0.25, -0.2) is 0 Å². The molecule has 22 heavy (non-hydrogen) atoms. The molecule has 0 saturated heterocycles. The van der Waals surface area contributed by atoms with E-state index >= 15 is 0 Å². The molecule has 1 aromatic carbocycles. The Bertz CT molecular complexity index is 542. The van der Waals surface area contributed by atoms with Gasteiger partial charge < -0.3 is 15.4 Å². The molecule has 0 bridgehead atoms. The first kappa shape index (κ1) is 16.2. The lowest BCUT2D eigenvalue weighted by atomic mass is 9.95. The maximum Gasteiger partial charge on any atom is 0.271 e. The summed E-state index contributed by atoms with van der Waals surface area (Å²) in [6.07, 6.45) is 5.83. The SMILES string of the molecule is COc1ccc([N+](=O)[O-])cc1NC(=O)CNC1CCCCC1. The van der Waals surface area contributed by atoms with Crippen molar-refractivity contribution in [1.82, 2.24) is 5.32 Å². The zero-order valence-electron chi connectivity index (χ0n) is 12.6. The van der Waals surface area contributed by atoms with Gasteiger partial charge in [0.2, 0.25) is 5.91 Å². The topological polar surface area (TPSA) is 93.5 Å². The maximum atomic E-state index is 12.0. The highest BCUT2D eigenvalue weighted by atomic mass is 16.6. The van der Waals surface area contributed by atoms with Gasteiger partial charge >= 0.3 is 0 Å². The Morgan fingerprint density at radius 2 is 2.09 bits per heavy atom. The number of carbonyl (C=O) groups is 1. The normalized spacial score (nSPS) is 15.3. The fourth-order valence-electron chi connectivity index (χ4n) is 2.65. The largest absolute Gasteiger partial charge is 0.495 e. The van der Waals surface area contributed by atoms with E-state index in [1.807, 2.05) is 0 Å². The lowest BCUT2D eigenvalue weighted by molar-refractivity contribution is -0.384. The average molecular weight is 307 g/mol. The molecule has 7 nitrogen and oxygen atoms in total. The minimum absolute atomic E-state index is 0.0867. The highest BCUT2D eigenvalue weighted by Crippen LogP contribution is 2.28. The summed E-state index contributed by atoms with van der Waals surface area (Å²) in [4.78, 5) is 22.3. The second kappa shape index (κ2) is 7.74. The number of nitro benzene ring substituents is 1. The summed E-state index contributed by atoms with van der Waals surface area (Å²) in [5, 5.41) is 16.7. The zero-order valence-corrected chi connectivity index (χ0v) is 12.6.